The lowest BCUT2D eigenvalue weighted by Crippen LogP contribution is -2.10. The van der Waals surface area contributed by atoms with Crippen LogP contribution in [0.2, 0.25) is 0 Å². The highest BCUT2D eigenvalue weighted by Gasteiger charge is 2.29. The molecule has 0 bridgehead atoms. The molecule has 1 aromatic carbocycles. The van der Waals surface area contributed by atoms with Crippen molar-refractivity contribution in [2.75, 3.05) is 0 Å². The van der Waals surface area contributed by atoms with Crippen molar-refractivity contribution in [3.63, 3.8) is 0 Å². The first kappa shape index (κ1) is 9.64. The Morgan fingerprint density at radius 1 is 1.38 bits per heavy atom. The van der Waals surface area contributed by atoms with Crippen LogP contribution >= 0.6 is 0 Å². The standard InChI is InChI=1S/C14H15NO/c1-10-8-15(9-14(16)11-6-7-11)13-5-3-2-4-12(10)13/h2-5,8,11H,6-7,9H2,1H3. The van der Waals surface area contributed by atoms with Crippen molar-refractivity contribution in [1.29, 1.82) is 0 Å². The van der Waals surface area contributed by atoms with Crippen LogP contribution in [0.1, 0.15) is 18.4 Å². The molecule has 0 saturated heterocycles. The Hall–Kier alpha value is -1.57. The van der Waals surface area contributed by atoms with Crippen LogP contribution in [0.5, 0.6) is 0 Å². The number of aryl methyl sites for hydroxylation is 1. The summed E-state index contributed by atoms with van der Waals surface area (Å²) in [6.07, 6.45) is 4.28. The van der Waals surface area contributed by atoms with Gasteiger partial charge in [-0.1, -0.05) is 18.2 Å². The first-order chi connectivity index (χ1) is 7.75. The summed E-state index contributed by atoms with van der Waals surface area (Å²) in [5.41, 5.74) is 2.42. The minimum Gasteiger partial charge on any atom is -0.340 e. The summed E-state index contributed by atoms with van der Waals surface area (Å²) in [5.74, 6) is 0.738. The molecule has 0 spiro atoms. The average molecular weight is 213 g/mol. The van der Waals surface area contributed by atoms with Gasteiger partial charge in [0, 0.05) is 23.0 Å². The molecule has 1 aliphatic rings. The Kier molecular flexibility index (Phi) is 2.10. The molecule has 16 heavy (non-hydrogen) atoms. The Morgan fingerprint density at radius 2 is 2.12 bits per heavy atom. The summed E-state index contributed by atoms with van der Waals surface area (Å²) in [7, 11) is 0. The normalized spacial score (nSPS) is 15.6. The van der Waals surface area contributed by atoms with Gasteiger partial charge in [0.1, 0.15) is 0 Å². The van der Waals surface area contributed by atoms with E-state index in [9.17, 15) is 4.79 Å². The first-order valence-corrected chi connectivity index (χ1v) is 5.83. The number of ketones is 1. The SMILES string of the molecule is Cc1cn(CC(=O)C2CC2)c2ccccc12. The van der Waals surface area contributed by atoms with Crippen LogP contribution in [-0.2, 0) is 11.3 Å². The zero-order valence-electron chi connectivity index (χ0n) is 9.44. The predicted molar refractivity (Wildman–Crippen MR) is 64.4 cm³/mol. The van der Waals surface area contributed by atoms with E-state index in [2.05, 4.69) is 29.8 Å². The maximum Gasteiger partial charge on any atom is 0.155 e. The Balaban J connectivity index is 1.99. The van der Waals surface area contributed by atoms with E-state index in [1.807, 2.05) is 12.1 Å². The Bertz CT molecular complexity index is 549. The van der Waals surface area contributed by atoms with Crippen molar-refractivity contribution in [2.24, 2.45) is 5.92 Å². The topological polar surface area (TPSA) is 22.0 Å². The molecule has 1 heterocycles. The summed E-state index contributed by atoms with van der Waals surface area (Å²) in [5, 5.41) is 1.26. The monoisotopic (exact) mass is 213 g/mol. The van der Waals surface area contributed by atoms with Gasteiger partial charge in [0.15, 0.2) is 5.78 Å². The van der Waals surface area contributed by atoms with Gasteiger partial charge < -0.3 is 4.57 Å². The van der Waals surface area contributed by atoms with E-state index in [0.29, 0.717) is 18.2 Å². The molecule has 2 aromatic rings. The fourth-order valence-electron chi connectivity index (χ4n) is 2.26. The molecule has 0 atom stereocenters. The lowest BCUT2D eigenvalue weighted by Gasteiger charge is -2.03. The van der Waals surface area contributed by atoms with Crippen LogP contribution in [0, 0.1) is 12.8 Å². The molecular formula is C14H15NO. The molecule has 0 N–H and O–H groups in total. The van der Waals surface area contributed by atoms with Gasteiger partial charge in [-0.3, -0.25) is 4.79 Å². The van der Waals surface area contributed by atoms with E-state index in [1.165, 1.54) is 16.5 Å². The van der Waals surface area contributed by atoms with Gasteiger partial charge in [-0.15, -0.1) is 0 Å². The number of aromatic nitrogens is 1. The molecule has 0 amide bonds. The summed E-state index contributed by atoms with van der Waals surface area (Å²) < 4.78 is 2.09. The van der Waals surface area contributed by atoms with E-state index < -0.39 is 0 Å². The fraction of sp³-hybridized carbons (Fsp3) is 0.357. The van der Waals surface area contributed by atoms with Crippen molar-refractivity contribution in [3.05, 3.63) is 36.0 Å². The van der Waals surface area contributed by atoms with Gasteiger partial charge in [-0.05, 0) is 31.4 Å². The number of fused-ring (bicyclic) bond motifs is 1. The highest BCUT2D eigenvalue weighted by atomic mass is 16.1. The number of nitrogens with zero attached hydrogens (tertiary/aromatic N) is 1. The smallest absolute Gasteiger partial charge is 0.155 e. The third kappa shape index (κ3) is 1.54. The highest BCUT2D eigenvalue weighted by molar-refractivity contribution is 5.88. The number of hydrogen-bond acceptors (Lipinski definition) is 1. The number of hydrogen-bond donors (Lipinski definition) is 0. The highest BCUT2D eigenvalue weighted by Crippen LogP contribution is 2.31. The minimum atomic E-state index is 0.349. The van der Waals surface area contributed by atoms with Crippen molar-refractivity contribution in [2.45, 2.75) is 26.3 Å². The molecule has 82 valence electrons. The predicted octanol–water partition coefficient (Wildman–Crippen LogP) is 2.93. The van der Waals surface area contributed by atoms with Crippen molar-refractivity contribution in [1.82, 2.24) is 4.57 Å². The van der Waals surface area contributed by atoms with Crippen molar-refractivity contribution in [3.8, 4) is 0 Å². The quantitative estimate of drug-likeness (QED) is 0.768. The van der Waals surface area contributed by atoms with E-state index in [1.54, 1.807) is 0 Å². The second kappa shape index (κ2) is 3.48. The number of carbonyl (C=O) groups excluding carboxylic acids is 1. The van der Waals surface area contributed by atoms with E-state index >= 15 is 0 Å². The van der Waals surface area contributed by atoms with Gasteiger partial charge in [-0.2, -0.15) is 0 Å². The zero-order valence-corrected chi connectivity index (χ0v) is 9.44. The lowest BCUT2D eigenvalue weighted by molar-refractivity contribution is -0.120. The largest absolute Gasteiger partial charge is 0.340 e. The van der Waals surface area contributed by atoms with Crippen molar-refractivity contribution < 1.29 is 4.79 Å². The number of para-hydroxylation sites is 1. The summed E-state index contributed by atoms with van der Waals surface area (Å²) in [4.78, 5) is 11.8. The van der Waals surface area contributed by atoms with E-state index in [4.69, 9.17) is 0 Å². The zero-order chi connectivity index (χ0) is 11.1. The van der Waals surface area contributed by atoms with Gasteiger partial charge in [0.2, 0.25) is 0 Å². The maximum atomic E-state index is 11.8. The second-order valence-electron chi connectivity index (χ2n) is 4.70. The van der Waals surface area contributed by atoms with Crippen LogP contribution in [-0.4, -0.2) is 10.4 Å². The molecule has 2 heteroatoms. The van der Waals surface area contributed by atoms with Gasteiger partial charge >= 0.3 is 0 Å². The molecule has 1 aromatic heterocycles. The second-order valence-corrected chi connectivity index (χ2v) is 4.70. The molecule has 2 nitrogen and oxygen atoms in total. The molecule has 3 rings (SSSR count). The molecular weight excluding hydrogens is 198 g/mol. The van der Waals surface area contributed by atoms with E-state index in [0.717, 1.165) is 12.8 Å². The van der Waals surface area contributed by atoms with Crippen LogP contribution in [0.4, 0.5) is 0 Å². The van der Waals surface area contributed by atoms with Gasteiger partial charge in [0.25, 0.3) is 0 Å². The Morgan fingerprint density at radius 3 is 2.88 bits per heavy atom. The third-order valence-corrected chi connectivity index (χ3v) is 3.35. The molecule has 0 radical (unpaired) electrons. The first-order valence-electron chi connectivity index (χ1n) is 5.83. The molecule has 1 fully saturated rings. The summed E-state index contributed by atoms with van der Waals surface area (Å²) in [6, 6.07) is 8.27. The number of benzene rings is 1. The van der Waals surface area contributed by atoms with Crippen LogP contribution < -0.4 is 0 Å². The van der Waals surface area contributed by atoms with Gasteiger partial charge in [-0.25, -0.2) is 0 Å². The average Bonchev–Trinajstić information content (AvgIpc) is 3.08. The molecule has 0 aliphatic heterocycles. The number of Topliss-reactive ketones (excluding diaryl/α,β-unsaturated/α-hetero) is 1. The summed E-state index contributed by atoms with van der Waals surface area (Å²) in [6.45, 7) is 2.64. The number of rotatable bonds is 3. The molecule has 0 unspecified atom stereocenters. The maximum absolute atomic E-state index is 11.8. The Labute approximate surface area is 94.9 Å². The van der Waals surface area contributed by atoms with Crippen LogP contribution in [0.25, 0.3) is 10.9 Å². The third-order valence-electron chi connectivity index (χ3n) is 3.35. The van der Waals surface area contributed by atoms with E-state index in [-0.39, 0.29) is 0 Å². The minimum absolute atomic E-state index is 0.349. The molecule has 1 saturated carbocycles. The lowest BCUT2D eigenvalue weighted by atomic mass is 10.2. The van der Waals surface area contributed by atoms with Gasteiger partial charge in [0.05, 0.1) is 6.54 Å². The van der Waals surface area contributed by atoms with Crippen molar-refractivity contribution >= 4 is 16.7 Å². The fourth-order valence-corrected chi connectivity index (χ4v) is 2.26. The van der Waals surface area contributed by atoms with Crippen LogP contribution in [0.3, 0.4) is 0 Å². The van der Waals surface area contributed by atoms with Crippen LogP contribution in [0.15, 0.2) is 30.5 Å². The number of carbonyl (C=O) groups is 1. The summed E-state index contributed by atoms with van der Waals surface area (Å²) >= 11 is 0. The molecule has 1 aliphatic carbocycles.